The molecule has 3 N–H and O–H groups in total. The number of carbonyl (C=O) groups is 2. The van der Waals surface area contributed by atoms with E-state index < -0.39 is 41.9 Å². The predicted molar refractivity (Wildman–Crippen MR) is 103 cm³/mol. The van der Waals surface area contributed by atoms with E-state index in [0.29, 0.717) is 16.8 Å². The standard InChI is InChI=1S/C20H22F3N3O3/c1-11(2)16(18(28)20(21,22)23)25-15(27)10-26-17(13-7-5-4-6-8-13)12(3)9-14(24)19(26)29/h4-9,11,16H,10,24H2,1-3H3,(H,25,27). The van der Waals surface area contributed by atoms with Gasteiger partial charge in [0.1, 0.15) is 6.54 Å². The number of hydrogen-bond acceptors (Lipinski definition) is 4. The lowest BCUT2D eigenvalue weighted by Crippen LogP contribution is -2.50. The summed E-state index contributed by atoms with van der Waals surface area (Å²) in [6, 6.07) is 8.46. The van der Waals surface area contributed by atoms with Crippen molar-refractivity contribution in [3.63, 3.8) is 0 Å². The van der Waals surface area contributed by atoms with Gasteiger partial charge in [-0.2, -0.15) is 13.2 Å². The highest BCUT2D eigenvalue weighted by atomic mass is 19.4. The van der Waals surface area contributed by atoms with Crippen LogP contribution >= 0.6 is 0 Å². The quantitative estimate of drug-likeness (QED) is 0.767. The molecule has 0 fully saturated rings. The van der Waals surface area contributed by atoms with Crippen LogP contribution in [0.15, 0.2) is 41.2 Å². The average molecular weight is 409 g/mol. The Morgan fingerprint density at radius 3 is 2.28 bits per heavy atom. The average Bonchev–Trinajstić information content (AvgIpc) is 2.63. The Hall–Kier alpha value is -3.10. The fourth-order valence-corrected chi connectivity index (χ4v) is 3.04. The zero-order chi connectivity index (χ0) is 21.9. The van der Waals surface area contributed by atoms with Crippen LogP contribution in [0.25, 0.3) is 11.3 Å². The van der Waals surface area contributed by atoms with Crippen LogP contribution in [0, 0.1) is 12.8 Å². The minimum absolute atomic E-state index is 0.0956. The summed E-state index contributed by atoms with van der Waals surface area (Å²) in [5, 5.41) is 2.11. The summed E-state index contributed by atoms with van der Waals surface area (Å²) in [4.78, 5) is 36.7. The molecule has 1 amide bonds. The van der Waals surface area contributed by atoms with Gasteiger partial charge in [-0.1, -0.05) is 44.2 Å². The molecule has 0 aliphatic heterocycles. The number of ketones is 1. The van der Waals surface area contributed by atoms with Crippen LogP contribution in [0.5, 0.6) is 0 Å². The summed E-state index contributed by atoms with van der Waals surface area (Å²) in [5.74, 6) is -3.73. The van der Waals surface area contributed by atoms with Gasteiger partial charge in [0.05, 0.1) is 17.4 Å². The van der Waals surface area contributed by atoms with Gasteiger partial charge in [-0.05, 0) is 30.0 Å². The minimum atomic E-state index is -5.08. The third-order valence-electron chi connectivity index (χ3n) is 4.40. The summed E-state index contributed by atoms with van der Waals surface area (Å²) in [5.41, 5.74) is 6.67. The van der Waals surface area contributed by atoms with Crippen LogP contribution in [-0.4, -0.2) is 28.5 Å². The van der Waals surface area contributed by atoms with E-state index in [2.05, 4.69) is 5.32 Å². The molecule has 29 heavy (non-hydrogen) atoms. The molecule has 0 radical (unpaired) electrons. The number of nitrogens with two attached hydrogens (primary N) is 1. The molecule has 1 aromatic heterocycles. The second-order valence-corrected chi connectivity index (χ2v) is 7.04. The largest absolute Gasteiger partial charge is 0.452 e. The molecular weight excluding hydrogens is 387 g/mol. The van der Waals surface area contributed by atoms with E-state index in [1.54, 1.807) is 37.3 Å². The molecule has 0 spiro atoms. The van der Waals surface area contributed by atoms with Crippen LogP contribution < -0.4 is 16.6 Å². The molecule has 6 nitrogen and oxygen atoms in total. The van der Waals surface area contributed by atoms with E-state index in [9.17, 15) is 27.6 Å². The first-order valence-electron chi connectivity index (χ1n) is 8.89. The number of pyridine rings is 1. The Kier molecular flexibility index (Phi) is 6.51. The molecular formula is C20H22F3N3O3. The van der Waals surface area contributed by atoms with Gasteiger partial charge < -0.3 is 11.1 Å². The first-order chi connectivity index (χ1) is 13.4. The van der Waals surface area contributed by atoms with Crippen molar-refractivity contribution in [2.45, 2.75) is 39.5 Å². The van der Waals surface area contributed by atoms with Crippen LogP contribution in [0.2, 0.25) is 0 Å². The smallest absolute Gasteiger partial charge is 0.394 e. The molecule has 0 saturated carbocycles. The number of halogens is 3. The fourth-order valence-electron chi connectivity index (χ4n) is 3.04. The second-order valence-electron chi connectivity index (χ2n) is 7.04. The molecule has 0 aliphatic rings. The topological polar surface area (TPSA) is 94.2 Å². The molecule has 1 unspecified atom stereocenters. The van der Waals surface area contributed by atoms with Crippen molar-refractivity contribution in [1.29, 1.82) is 0 Å². The third kappa shape index (κ3) is 5.04. The number of amides is 1. The number of carbonyl (C=O) groups excluding carboxylic acids is 2. The summed E-state index contributed by atoms with van der Waals surface area (Å²) in [7, 11) is 0. The zero-order valence-electron chi connectivity index (χ0n) is 16.2. The Labute approximate surface area is 165 Å². The maximum absolute atomic E-state index is 12.8. The van der Waals surface area contributed by atoms with Crippen LogP contribution in [0.1, 0.15) is 19.4 Å². The Morgan fingerprint density at radius 1 is 1.17 bits per heavy atom. The van der Waals surface area contributed by atoms with Gasteiger partial charge in [-0.15, -0.1) is 0 Å². The van der Waals surface area contributed by atoms with Crippen molar-refractivity contribution in [3.05, 3.63) is 52.3 Å². The van der Waals surface area contributed by atoms with Crippen molar-refractivity contribution >= 4 is 17.4 Å². The zero-order valence-corrected chi connectivity index (χ0v) is 16.2. The highest BCUT2D eigenvalue weighted by Gasteiger charge is 2.45. The number of aromatic nitrogens is 1. The molecule has 0 aliphatic carbocycles. The molecule has 9 heteroatoms. The SMILES string of the molecule is Cc1cc(N)c(=O)n(CC(=O)NC(C(=O)C(F)(F)F)C(C)C)c1-c1ccccc1. The molecule has 1 aromatic carbocycles. The molecule has 2 aromatic rings. The maximum atomic E-state index is 12.8. The first-order valence-corrected chi connectivity index (χ1v) is 8.89. The lowest BCUT2D eigenvalue weighted by molar-refractivity contribution is -0.174. The number of alkyl halides is 3. The number of nitrogen functional groups attached to an aromatic ring is 1. The summed E-state index contributed by atoms with van der Waals surface area (Å²) >= 11 is 0. The fraction of sp³-hybridized carbons (Fsp3) is 0.350. The maximum Gasteiger partial charge on any atom is 0.452 e. The number of Topliss-reactive ketones (excluding diaryl/α,β-unsaturated/α-hetero) is 1. The van der Waals surface area contributed by atoms with Gasteiger partial charge >= 0.3 is 6.18 Å². The van der Waals surface area contributed by atoms with Gasteiger partial charge in [-0.25, -0.2) is 0 Å². The minimum Gasteiger partial charge on any atom is -0.394 e. The number of hydrogen-bond donors (Lipinski definition) is 2. The van der Waals surface area contributed by atoms with E-state index in [1.165, 1.54) is 19.9 Å². The molecule has 2 rings (SSSR count). The summed E-state index contributed by atoms with van der Waals surface area (Å²) in [6.07, 6.45) is -5.08. The van der Waals surface area contributed by atoms with E-state index in [4.69, 9.17) is 5.73 Å². The molecule has 0 saturated heterocycles. The van der Waals surface area contributed by atoms with Gasteiger partial charge in [0.25, 0.3) is 11.3 Å². The predicted octanol–water partition coefficient (Wildman–Crippen LogP) is 2.68. The molecule has 1 atom stereocenters. The van der Waals surface area contributed by atoms with Gasteiger partial charge in [0.15, 0.2) is 0 Å². The van der Waals surface area contributed by atoms with Gasteiger partial charge in [0.2, 0.25) is 5.91 Å². The molecule has 0 bridgehead atoms. The van der Waals surface area contributed by atoms with Gasteiger partial charge in [-0.3, -0.25) is 19.0 Å². The van der Waals surface area contributed by atoms with Crippen LogP contribution in [0.4, 0.5) is 18.9 Å². The molecule has 1 heterocycles. The molecule has 156 valence electrons. The number of aryl methyl sites for hydroxylation is 1. The number of nitrogens with zero attached hydrogens (tertiary/aromatic N) is 1. The van der Waals surface area contributed by atoms with Crippen molar-refractivity contribution in [2.75, 3.05) is 5.73 Å². The normalized spacial score (nSPS) is 12.7. The van der Waals surface area contributed by atoms with Crippen molar-refractivity contribution < 1.29 is 22.8 Å². The second kappa shape index (κ2) is 8.50. The lowest BCUT2D eigenvalue weighted by atomic mass is 9.99. The third-order valence-corrected chi connectivity index (χ3v) is 4.40. The highest BCUT2D eigenvalue weighted by Crippen LogP contribution is 2.24. The number of benzene rings is 1. The van der Waals surface area contributed by atoms with E-state index in [1.807, 2.05) is 0 Å². The van der Waals surface area contributed by atoms with E-state index in [0.717, 1.165) is 4.57 Å². The number of rotatable bonds is 6. The first kappa shape index (κ1) is 22.2. The van der Waals surface area contributed by atoms with Gasteiger partial charge in [0, 0.05) is 0 Å². The Bertz CT molecular complexity index is 967. The number of anilines is 1. The summed E-state index contributed by atoms with van der Waals surface area (Å²) < 4.78 is 39.6. The monoisotopic (exact) mass is 409 g/mol. The van der Waals surface area contributed by atoms with Crippen molar-refractivity contribution in [2.24, 2.45) is 5.92 Å². The number of nitrogens with one attached hydrogen (secondary N) is 1. The lowest BCUT2D eigenvalue weighted by Gasteiger charge is -2.23. The van der Waals surface area contributed by atoms with Crippen molar-refractivity contribution in [1.82, 2.24) is 9.88 Å². The van der Waals surface area contributed by atoms with E-state index >= 15 is 0 Å². The van der Waals surface area contributed by atoms with Crippen LogP contribution in [-0.2, 0) is 16.1 Å². The Balaban J connectivity index is 2.42. The van der Waals surface area contributed by atoms with Crippen molar-refractivity contribution in [3.8, 4) is 11.3 Å². The van der Waals surface area contributed by atoms with Crippen LogP contribution in [0.3, 0.4) is 0 Å². The highest BCUT2D eigenvalue weighted by molar-refractivity contribution is 5.93. The Morgan fingerprint density at radius 2 is 1.76 bits per heavy atom. The summed E-state index contributed by atoms with van der Waals surface area (Å²) in [6.45, 7) is 3.90. The van der Waals surface area contributed by atoms with E-state index in [-0.39, 0.29) is 5.69 Å².